The Morgan fingerprint density at radius 1 is 1.30 bits per heavy atom. The molecule has 108 valence electrons. The number of rotatable bonds is 6. The number of nitrogens with one attached hydrogen (secondary N) is 1. The smallest absolute Gasteiger partial charge is 0.131 e. The molecule has 0 aliphatic heterocycles. The molecule has 0 spiro atoms. The molecule has 0 aliphatic carbocycles. The normalized spacial score (nSPS) is 10.8. The van der Waals surface area contributed by atoms with Crippen LogP contribution in [0, 0.1) is 13.8 Å². The van der Waals surface area contributed by atoms with Gasteiger partial charge in [0, 0.05) is 16.9 Å². The molecule has 2 aromatic rings. The van der Waals surface area contributed by atoms with Gasteiger partial charge in [0.1, 0.15) is 17.4 Å². The monoisotopic (exact) mass is 310 g/mol. The maximum absolute atomic E-state index is 6.15. The lowest BCUT2D eigenvalue weighted by molar-refractivity contribution is 0.301. The second kappa shape index (κ2) is 7.07. The van der Waals surface area contributed by atoms with Crippen LogP contribution in [-0.4, -0.2) is 11.5 Å². The average Bonchev–Trinajstić information content (AvgIpc) is 2.88. The van der Waals surface area contributed by atoms with Crippen molar-refractivity contribution in [2.45, 2.75) is 33.9 Å². The van der Waals surface area contributed by atoms with E-state index in [1.54, 1.807) is 11.3 Å². The summed E-state index contributed by atoms with van der Waals surface area (Å²) in [5.74, 6) is 0.839. The number of benzene rings is 1. The second-order valence-electron chi connectivity index (χ2n) is 4.67. The Labute approximate surface area is 129 Å². The zero-order chi connectivity index (χ0) is 14.5. The van der Waals surface area contributed by atoms with E-state index in [-0.39, 0.29) is 0 Å². The van der Waals surface area contributed by atoms with Gasteiger partial charge in [0.15, 0.2) is 0 Å². The molecule has 0 aliphatic rings. The molecular weight excluding hydrogens is 292 g/mol. The Hall–Kier alpha value is -1.10. The Kier molecular flexibility index (Phi) is 5.40. The Morgan fingerprint density at radius 3 is 2.65 bits per heavy atom. The van der Waals surface area contributed by atoms with E-state index in [2.05, 4.69) is 17.2 Å². The Balaban J connectivity index is 1.96. The quantitative estimate of drug-likeness (QED) is 0.872. The SMILES string of the molecule is CCNCc1nc(COc2cc(C)c(Cl)c(C)c2)cs1. The molecule has 0 amide bonds. The van der Waals surface area contributed by atoms with Gasteiger partial charge in [-0.05, 0) is 43.7 Å². The molecule has 1 heterocycles. The summed E-state index contributed by atoms with van der Waals surface area (Å²) in [5.41, 5.74) is 3.04. The number of halogens is 1. The summed E-state index contributed by atoms with van der Waals surface area (Å²) in [7, 11) is 0. The van der Waals surface area contributed by atoms with E-state index in [9.17, 15) is 0 Å². The van der Waals surface area contributed by atoms with Crippen LogP contribution < -0.4 is 10.1 Å². The van der Waals surface area contributed by atoms with Gasteiger partial charge in [-0.25, -0.2) is 4.98 Å². The van der Waals surface area contributed by atoms with Crippen LogP contribution in [0.1, 0.15) is 28.8 Å². The van der Waals surface area contributed by atoms with Crippen LogP contribution in [-0.2, 0) is 13.2 Å². The highest BCUT2D eigenvalue weighted by Gasteiger charge is 2.06. The van der Waals surface area contributed by atoms with Crippen molar-refractivity contribution in [2.24, 2.45) is 0 Å². The van der Waals surface area contributed by atoms with Crippen LogP contribution in [0.3, 0.4) is 0 Å². The molecule has 1 aromatic carbocycles. The van der Waals surface area contributed by atoms with Crippen molar-refractivity contribution in [3.63, 3.8) is 0 Å². The molecule has 0 unspecified atom stereocenters. The second-order valence-corrected chi connectivity index (χ2v) is 5.99. The molecule has 0 bridgehead atoms. The summed E-state index contributed by atoms with van der Waals surface area (Å²) in [4.78, 5) is 4.53. The first kappa shape index (κ1) is 15.3. The molecule has 20 heavy (non-hydrogen) atoms. The standard InChI is InChI=1S/C15H19ClN2OS/c1-4-17-7-14-18-12(9-20-14)8-19-13-5-10(2)15(16)11(3)6-13/h5-6,9,17H,4,7-8H2,1-3H3. The summed E-state index contributed by atoms with van der Waals surface area (Å²) in [6.45, 7) is 8.32. The maximum atomic E-state index is 6.15. The predicted octanol–water partition coefficient (Wildman–Crippen LogP) is 4.10. The number of aromatic nitrogens is 1. The van der Waals surface area contributed by atoms with E-state index in [1.165, 1.54) is 0 Å². The van der Waals surface area contributed by atoms with Crippen molar-refractivity contribution < 1.29 is 4.74 Å². The van der Waals surface area contributed by atoms with Crippen LogP contribution in [0.2, 0.25) is 5.02 Å². The Morgan fingerprint density at radius 2 is 2.00 bits per heavy atom. The minimum absolute atomic E-state index is 0.489. The molecule has 1 N–H and O–H groups in total. The van der Waals surface area contributed by atoms with Crippen molar-refractivity contribution in [1.29, 1.82) is 0 Å². The molecule has 3 nitrogen and oxygen atoms in total. The van der Waals surface area contributed by atoms with Crippen molar-refractivity contribution in [2.75, 3.05) is 6.54 Å². The fraction of sp³-hybridized carbons (Fsp3) is 0.400. The van der Waals surface area contributed by atoms with Gasteiger partial charge in [0.05, 0.1) is 5.69 Å². The van der Waals surface area contributed by atoms with Crippen molar-refractivity contribution in [3.05, 3.63) is 44.4 Å². The number of thiazole rings is 1. The van der Waals surface area contributed by atoms with Crippen LogP contribution in [0.25, 0.3) is 0 Å². The maximum Gasteiger partial charge on any atom is 0.131 e. The van der Waals surface area contributed by atoms with E-state index in [0.717, 1.165) is 45.7 Å². The van der Waals surface area contributed by atoms with Gasteiger partial charge in [-0.1, -0.05) is 18.5 Å². The summed E-state index contributed by atoms with van der Waals surface area (Å²) in [6, 6.07) is 3.92. The molecule has 1 aromatic heterocycles. The van der Waals surface area contributed by atoms with Crippen LogP contribution in [0.4, 0.5) is 0 Å². The van der Waals surface area contributed by atoms with Gasteiger partial charge < -0.3 is 10.1 Å². The highest BCUT2D eigenvalue weighted by molar-refractivity contribution is 7.09. The van der Waals surface area contributed by atoms with Gasteiger partial charge in [-0.2, -0.15) is 0 Å². The number of ether oxygens (including phenoxy) is 1. The van der Waals surface area contributed by atoms with Crippen LogP contribution in [0.5, 0.6) is 5.75 Å². The zero-order valence-electron chi connectivity index (χ0n) is 12.0. The summed E-state index contributed by atoms with van der Waals surface area (Å²) < 4.78 is 5.79. The molecule has 2 rings (SSSR count). The van der Waals surface area contributed by atoms with Gasteiger partial charge in [0.25, 0.3) is 0 Å². The van der Waals surface area contributed by atoms with E-state index in [4.69, 9.17) is 16.3 Å². The third-order valence-corrected chi connectivity index (χ3v) is 4.42. The van der Waals surface area contributed by atoms with Crippen molar-refractivity contribution in [1.82, 2.24) is 10.3 Å². The fourth-order valence-corrected chi connectivity index (χ4v) is 2.73. The molecule has 0 atom stereocenters. The van der Waals surface area contributed by atoms with Gasteiger partial charge in [-0.3, -0.25) is 0 Å². The summed E-state index contributed by atoms with van der Waals surface area (Å²) >= 11 is 7.80. The summed E-state index contributed by atoms with van der Waals surface area (Å²) in [6.07, 6.45) is 0. The van der Waals surface area contributed by atoms with Gasteiger partial charge in [-0.15, -0.1) is 11.3 Å². The van der Waals surface area contributed by atoms with Crippen molar-refractivity contribution >= 4 is 22.9 Å². The molecular formula is C15H19ClN2OS. The minimum Gasteiger partial charge on any atom is -0.487 e. The lowest BCUT2D eigenvalue weighted by atomic mass is 10.1. The van der Waals surface area contributed by atoms with Gasteiger partial charge >= 0.3 is 0 Å². The number of nitrogens with zero attached hydrogens (tertiary/aromatic N) is 1. The van der Waals surface area contributed by atoms with E-state index in [1.807, 2.05) is 31.4 Å². The number of hydrogen-bond acceptors (Lipinski definition) is 4. The molecule has 0 saturated carbocycles. The van der Waals surface area contributed by atoms with Crippen LogP contribution in [0.15, 0.2) is 17.5 Å². The molecule has 5 heteroatoms. The topological polar surface area (TPSA) is 34.2 Å². The average molecular weight is 311 g/mol. The highest BCUT2D eigenvalue weighted by Crippen LogP contribution is 2.26. The number of aryl methyl sites for hydroxylation is 2. The van der Waals surface area contributed by atoms with E-state index in [0.29, 0.717) is 6.61 Å². The first-order chi connectivity index (χ1) is 9.60. The lowest BCUT2D eigenvalue weighted by Crippen LogP contribution is -2.11. The molecule has 0 fully saturated rings. The molecule has 0 radical (unpaired) electrons. The largest absolute Gasteiger partial charge is 0.487 e. The fourth-order valence-electron chi connectivity index (χ4n) is 1.88. The highest BCUT2D eigenvalue weighted by atomic mass is 35.5. The van der Waals surface area contributed by atoms with Crippen LogP contribution >= 0.6 is 22.9 Å². The third kappa shape index (κ3) is 3.95. The van der Waals surface area contributed by atoms with Gasteiger partial charge in [0.2, 0.25) is 0 Å². The number of hydrogen-bond donors (Lipinski definition) is 1. The minimum atomic E-state index is 0.489. The molecule has 0 saturated heterocycles. The zero-order valence-corrected chi connectivity index (χ0v) is 13.6. The Bertz CT molecular complexity index is 560. The first-order valence-corrected chi connectivity index (χ1v) is 7.89. The van der Waals surface area contributed by atoms with E-state index >= 15 is 0 Å². The van der Waals surface area contributed by atoms with E-state index < -0.39 is 0 Å². The van der Waals surface area contributed by atoms with Crippen molar-refractivity contribution in [3.8, 4) is 5.75 Å². The lowest BCUT2D eigenvalue weighted by Gasteiger charge is -2.08. The first-order valence-electron chi connectivity index (χ1n) is 6.63. The third-order valence-electron chi connectivity index (χ3n) is 2.92. The summed E-state index contributed by atoms with van der Waals surface area (Å²) in [5, 5.41) is 7.21. The predicted molar refractivity (Wildman–Crippen MR) is 84.8 cm³/mol.